The lowest BCUT2D eigenvalue weighted by Gasteiger charge is -2.35. The van der Waals surface area contributed by atoms with Gasteiger partial charge in [-0.25, -0.2) is 19.0 Å². The van der Waals surface area contributed by atoms with Gasteiger partial charge >= 0.3 is 0 Å². The predicted octanol–water partition coefficient (Wildman–Crippen LogP) is 3.22. The molecule has 1 fully saturated rings. The molecule has 9 heteroatoms. The number of anilines is 2. The third-order valence-electron chi connectivity index (χ3n) is 4.76. The monoisotopic (exact) mass is 429 g/mol. The molecule has 0 aliphatic carbocycles. The summed E-state index contributed by atoms with van der Waals surface area (Å²) in [5, 5.41) is 17.6. The fourth-order valence-corrected chi connectivity index (χ4v) is 4.09. The van der Waals surface area contributed by atoms with Gasteiger partial charge in [-0.2, -0.15) is 10.4 Å². The number of halogens is 2. The van der Waals surface area contributed by atoms with E-state index in [0.717, 1.165) is 30.4 Å². The van der Waals surface area contributed by atoms with Crippen LogP contribution in [0.1, 0.15) is 18.4 Å². The van der Waals surface area contributed by atoms with Crippen molar-refractivity contribution >= 4 is 38.5 Å². The van der Waals surface area contributed by atoms with Crippen LogP contribution in [0.15, 0.2) is 29.1 Å². The third kappa shape index (κ3) is 3.32. The van der Waals surface area contributed by atoms with E-state index in [4.69, 9.17) is 5.26 Å². The van der Waals surface area contributed by atoms with Gasteiger partial charge in [0.25, 0.3) is 0 Å². The van der Waals surface area contributed by atoms with Gasteiger partial charge < -0.3 is 10.2 Å². The Kier molecular flexibility index (Phi) is 4.66. The Morgan fingerprint density at radius 1 is 1.37 bits per heavy atom. The highest BCUT2D eigenvalue weighted by molar-refractivity contribution is 9.10. The Hall–Kier alpha value is -2.73. The number of nitrogens with one attached hydrogen (secondary N) is 1. The highest BCUT2D eigenvalue weighted by Gasteiger charge is 2.24. The van der Waals surface area contributed by atoms with E-state index >= 15 is 0 Å². The molecule has 0 spiro atoms. The highest BCUT2D eigenvalue weighted by Crippen LogP contribution is 2.29. The Labute approximate surface area is 164 Å². The van der Waals surface area contributed by atoms with Crippen LogP contribution in [0.5, 0.6) is 0 Å². The molecule has 1 saturated heterocycles. The summed E-state index contributed by atoms with van der Waals surface area (Å²) in [6, 6.07) is 6.69. The van der Waals surface area contributed by atoms with E-state index in [-0.39, 0.29) is 11.9 Å². The van der Waals surface area contributed by atoms with Crippen LogP contribution >= 0.6 is 15.9 Å². The van der Waals surface area contributed by atoms with E-state index in [1.54, 1.807) is 16.8 Å². The Morgan fingerprint density at radius 3 is 3.00 bits per heavy atom. The fourth-order valence-electron chi connectivity index (χ4n) is 3.49. The molecule has 0 bridgehead atoms. The van der Waals surface area contributed by atoms with Crippen LogP contribution in [0.2, 0.25) is 0 Å². The van der Waals surface area contributed by atoms with Crippen molar-refractivity contribution in [2.24, 2.45) is 7.05 Å². The predicted molar refractivity (Wildman–Crippen MR) is 104 cm³/mol. The molecule has 1 atom stereocenters. The van der Waals surface area contributed by atoms with Gasteiger partial charge in [0.05, 0.1) is 22.7 Å². The molecule has 1 unspecified atom stereocenters. The standard InChI is InChI=1S/C18H17BrFN7/c1-26-18-15(16(19)25-26)17(22-10-23-18)24-12-3-2-6-27(9-12)14-5-4-11(8-21)7-13(14)20/h4-5,7,10,12H,2-3,6,9H2,1H3,(H,22,23,24). The van der Waals surface area contributed by atoms with E-state index < -0.39 is 0 Å². The minimum Gasteiger partial charge on any atom is -0.367 e. The quantitative estimate of drug-likeness (QED) is 0.687. The summed E-state index contributed by atoms with van der Waals surface area (Å²) < 4.78 is 16.8. The number of aryl methyl sites for hydroxylation is 1. The average molecular weight is 430 g/mol. The van der Waals surface area contributed by atoms with Crippen LogP contribution < -0.4 is 10.2 Å². The summed E-state index contributed by atoms with van der Waals surface area (Å²) in [6.07, 6.45) is 3.40. The molecule has 3 aromatic rings. The first-order valence-electron chi connectivity index (χ1n) is 8.61. The number of fused-ring (bicyclic) bond motifs is 1. The van der Waals surface area contributed by atoms with Gasteiger partial charge in [-0.1, -0.05) is 0 Å². The number of hydrogen-bond donors (Lipinski definition) is 1. The maximum atomic E-state index is 14.4. The average Bonchev–Trinajstić information content (AvgIpc) is 2.97. The molecule has 1 aliphatic heterocycles. The molecule has 0 saturated carbocycles. The first-order valence-corrected chi connectivity index (χ1v) is 9.40. The first-order chi connectivity index (χ1) is 13.1. The summed E-state index contributed by atoms with van der Waals surface area (Å²) in [4.78, 5) is 10.7. The molecule has 4 rings (SSSR count). The van der Waals surface area contributed by atoms with Crippen LogP contribution in [0.25, 0.3) is 11.0 Å². The van der Waals surface area contributed by atoms with Crippen LogP contribution in [-0.4, -0.2) is 38.9 Å². The molecular weight excluding hydrogens is 413 g/mol. The van der Waals surface area contributed by atoms with Crippen LogP contribution in [0.3, 0.4) is 0 Å². The van der Waals surface area contributed by atoms with Crippen molar-refractivity contribution in [1.82, 2.24) is 19.7 Å². The van der Waals surface area contributed by atoms with Gasteiger partial charge in [-0.3, -0.25) is 0 Å². The molecular formula is C18H17BrFN7. The number of rotatable bonds is 3. The van der Waals surface area contributed by atoms with Gasteiger partial charge in [-0.15, -0.1) is 0 Å². The molecule has 7 nitrogen and oxygen atoms in total. The van der Waals surface area contributed by atoms with Crippen LogP contribution in [0, 0.1) is 17.1 Å². The number of nitriles is 1. The van der Waals surface area contributed by atoms with Crippen molar-refractivity contribution in [3.63, 3.8) is 0 Å². The maximum absolute atomic E-state index is 14.4. The topological polar surface area (TPSA) is 82.7 Å². The lowest BCUT2D eigenvalue weighted by atomic mass is 10.0. The molecule has 138 valence electrons. The first kappa shape index (κ1) is 17.7. The zero-order valence-corrected chi connectivity index (χ0v) is 16.2. The van der Waals surface area contributed by atoms with Gasteiger partial charge in [-0.05, 0) is 47.0 Å². The molecule has 27 heavy (non-hydrogen) atoms. The lowest BCUT2D eigenvalue weighted by Crippen LogP contribution is -2.42. The Morgan fingerprint density at radius 2 is 2.22 bits per heavy atom. The van der Waals surface area contributed by atoms with Crippen molar-refractivity contribution in [2.45, 2.75) is 18.9 Å². The van der Waals surface area contributed by atoms with E-state index in [9.17, 15) is 4.39 Å². The SMILES string of the molecule is Cn1nc(Br)c2c(NC3CCCN(c4ccc(C#N)cc4F)C3)ncnc21. The zero-order valence-electron chi connectivity index (χ0n) is 14.7. The van der Waals surface area contributed by atoms with Gasteiger partial charge in [0, 0.05) is 26.2 Å². The summed E-state index contributed by atoms with van der Waals surface area (Å²) in [5.74, 6) is 0.348. The zero-order chi connectivity index (χ0) is 19.0. The van der Waals surface area contributed by atoms with E-state index in [0.29, 0.717) is 28.2 Å². The summed E-state index contributed by atoms with van der Waals surface area (Å²) >= 11 is 3.47. The van der Waals surface area contributed by atoms with E-state index in [1.165, 1.54) is 12.4 Å². The molecule has 3 heterocycles. The Balaban J connectivity index is 1.57. The molecule has 2 aromatic heterocycles. The summed E-state index contributed by atoms with van der Waals surface area (Å²) in [6.45, 7) is 1.42. The molecule has 1 N–H and O–H groups in total. The van der Waals surface area contributed by atoms with E-state index in [2.05, 4.69) is 36.3 Å². The summed E-state index contributed by atoms with van der Waals surface area (Å²) in [7, 11) is 1.83. The smallest absolute Gasteiger partial charge is 0.164 e. The minimum absolute atomic E-state index is 0.110. The highest BCUT2D eigenvalue weighted by atomic mass is 79.9. The second-order valence-corrected chi connectivity index (χ2v) is 7.29. The van der Waals surface area contributed by atoms with Crippen molar-refractivity contribution < 1.29 is 4.39 Å². The van der Waals surface area contributed by atoms with Crippen molar-refractivity contribution in [3.8, 4) is 6.07 Å². The van der Waals surface area contributed by atoms with Crippen LogP contribution in [-0.2, 0) is 7.05 Å². The maximum Gasteiger partial charge on any atom is 0.164 e. The fraction of sp³-hybridized carbons (Fsp3) is 0.333. The lowest BCUT2D eigenvalue weighted by molar-refractivity contribution is 0.518. The number of benzene rings is 1. The number of nitrogens with zero attached hydrogens (tertiary/aromatic N) is 6. The third-order valence-corrected chi connectivity index (χ3v) is 5.31. The second kappa shape index (κ2) is 7.12. The molecule has 0 radical (unpaired) electrons. The van der Waals surface area contributed by atoms with Gasteiger partial charge in [0.15, 0.2) is 5.65 Å². The number of piperidine rings is 1. The Bertz CT molecular complexity index is 1040. The second-order valence-electron chi connectivity index (χ2n) is 6.54. The molecule has 0 amide bonds. The summed E-state index contributed by atoms with van der Waals surface area (Å²) in [5.41, 5.74) is 1.59. The van der Waals surface area contributed by atoms with Crippen molar-refractivity contribution in [2.75, 3.05) is 23.3 Å². The minimum atomic E-state index is -0.367. The normalized spacial score (nSPS) is 17.1. The number of aromatic nitrogens is 4. The van der Waals surface area contributed by atoms with Crippen LogP contribution in [0.4, 0.5) is 15.9 Å². The number of hydrogen-bond acceptors (Lipinski definition) is 6. The largest absolute Gasteiger partial charge is 0.367 e. The molecule has 1 aromatic carbocycles. The molecule has 1 aliphatic rings. The van der Waals surface area contributed by atoms with Gasteiger partial charge in [0.2, 0.25) is 0 Å². The van der Waals surface area contributed by atoms with Gasteiger partial charge in [0.1, 0.15) is 22.6 Å². The van der Waals surface area contributed by atoms with Crippen molar-refractivity contribution in [1.29, 1.82) is 5.26 Å². The van der Waals surface area contributed by atoms with E-state index in [1.807, 2.05) is 18.0 Å². The van der Waals surface area contributed by atoms with Crippen molar-refractivity contribution in [3.05, 3.63) is 40.5 Å².